The summed E-state index contributed by atoms with van der Waals surface area (Å²) >= 11 is 0.904. The Hall–Kier alpha value is -0.990. The minimum absolute atomic E-state index is 0.0828. The molecule has 1 rings (SSSR count). The quantitative estimate of drug-likeness (QED) is 0.767. The Bertz CT molecular complexity index is 507. The maximum absolute atomic E-state index is 12.2. The van der Waals surface area contributed by atoms with Crippen molar-refractivity contribution in [1.29, 1.82) is 0 Å². The summed E-state index contributed by atoms with van der Waals surface area (Å²) in [6, 6.07) is -0.201. The van der Waals surface area contributed by atoms with E-state index in [0.717, 1.165) is 11.3 Å². The molecular formula is C9H14N2O4S2. The van der Waals surface area contributed by atoms with Crippen molar-refractivity contribution >= 4 is 27.3 Å². The molecule has 0 radical (unpaired) electrons. The second kappa shape index (κ2) is 5.11. The Morgan fingerprint density at radius 2 is 2.12 bits per heavy atom. The Morgan fingerprint density at radius 3 is 2.59 bits per heavy atom. The third-order valence-electron chi connectivity index (χ3n) is 2.25. The lowest BCUT2D eigenvalue weighted by Crippen LogP contribution is -2.33. The molecule has 8 heteroatoms. The molecule has 0 spiro atoms. The van der Waals surface area contributed by atoms with Crippen molar-refractivity contribution in [2.75, 3.05) is 14.2 Å². The van der Waals surface area contributed by atoms with Crippen LogP contribution in [-0.2, 0) is 14.8 Å². The number of sulfonamides is 1. The van der Waals surface area contributed by atoms with Crippen LogP contribution in [0.3, 0.4) is 0 Å². The highest BCUT2D eigenvalue weighted by molar-refractivity contribution is 7.91. The summed E-state index contributed by atoms with van der Waals surface area (Å²) in [6.45, 7) is 3.49. The fourth-order valence-electron chi connectivity index (χ4n) is 1.06. The first-order chi connectivity index (χ1) is 7.82. The molecule has 0 bridgehead atoms. The molecule has 96 valence electrons. The highest BCUT2D eigenvalue weighted by Crippen LogP contribution is 2.24. The molecule has 0 amide bonds. The van der Waals surface area contributed by atoms with E-state index in [0.29, 0.717) is 0 Å². The van der Waals surface area contributed by atoms with Gasteiger partial charge in [0.05, 0.1) is 12.6 Å². The first-order valence-corrected chi connectivity index (χ1v) is 7.14. The van der Waals surface area contributed by atoms with Crippen molar-refractivity contribution < 1.29 is 17.9 Å². The number of carbonyl (C=O) groups excluding carboxylic acids is 1. The predicted molar refractivity (Wildman–Crippen MR) is 63.5 cm³/mol. The number of methoxy groups -OCH3 is 1. The molecule has 6 nitrogen and oxygen atoms in total. The average molecular weight is 278 g/mol. The standard InChI is InChI=1S/C9H14N2O4S2/c1-6(2)11(3)17(13,14)9-7(8(12)15-4)10-5-16-9/h5-6H,1-4H3. The van der Waals surface area contributed by atoms with E-state index in [-0.39, 0.29) is 15.9 Å². The van der Waals surface area contributed by atoms with E-state index in [4.69, 9.17) is 0 Å². The highest BCUT2D eigenvalue weighted by Gasteiger charge is 2.31. The normalized spacial score (nSPS) is 12.1. The monoisotopic (exact) mass is 278 g/mol. The number of ether oxygens (including phenoxy) is 1. The van der Waals surface area contributed by atoms with Crippen molar-refractivity contribution in [3.8, 4) is 0 Å². The third-order valence-corrected chi connectivity index (χ3v) is 5.63. The second-order valence-electron chi connectivity index (χ2n) is 3.60. The summed E-state index contributed by atoms with van der Waals surface area (Å²) in [5, 5.41) is 0. The van der Waals surface area contributed by atoms with E-state index in [1.807, 2.05) is 0 Å². The van der Waals surface area contributed by atoms with Crippen LogP contribution in [0.4, 0.5) is 0 Å². The third kappa shape index (κ3) is 2.64. The van der Waals surface area contributed by atoms with Gasteiger partial charge in [-0.1, -0.05) is 0 Å². The van der Waals surface area contributed by atoms with E-state index in [2.05, 4.69) is 9.72 Å². The van der Waals surface area contributed by atoms with E-state index in [1.165, 1.54) is 24.0 Å². The van der Waals surface area contributed by atoms with Gasteiger partial charge >= 0.3 is 5.97 Å². The number of hydrogen-bond acceptors (Lipinski definition) is 6. The topological polar surface area (TPSA) is 76.6 Å². The van der Waals surface area contributed by atoms with Gasteiger partial charge in [-0.2, -0.15) is 4.31 Å². The largest absolute Gasteiger partial charge is 0.464 e. The number of carbonyl (C=O) groups is 1. The van der Waals surface area contributed by atoms with Gasteiger partial charge in [0.15, 0.2) is 9.90 Å². The van der Waals surface area contributed by atoms with Gasteiger partial charge in [0.1, 0.15) is 0 Å². The first-order valence-electron chi connectivity index (χ1n) is 4.82. The van der Waals surface area contributed by atoms with E-state index in [9.17, 15) is 13.2 Å². The maximum Gasteiger partial charge on any atom is 0.358 e. The molecule has 0 aromatic carbocycles. The molecule has 0 aliphatic rings. The molecule has 0 saturated carbocycles. The van der Waals surface area contributed by atoms with Crippen LogP contribution >= 0.6 is 11.3 Å². The predicted octanol–water partition coefficient (Wildman–Crippen LogP) is 0.959. The van der Waals surface area contributed by atoms with Crippen LogP contribution in [0.2, 0.25) is 0 Å². The van der Waals surface area contributed by atoms with Gasteiger partial charge in [-0.25, -0.2) is 18.2 Å². The molecule has 1 aromatic heterocycles. The minimum atomic E-state index is -3.69. The first kappa shape index (κ1) is 14.1. The van der Waals surface area contributed by atoms with Gasteiger partial charge in [0.2, 0.25) is 0 Å². The van der Waals surface area contributed by atoms with Crippen LogP contribution in [0, 0.1) is 0 Å². The zero-order valence-corrected chi connectivity index (χ0v) is 11.6. The average Bonchev–Trinajstić information content (AvgIpc) is 2.76. The van der Waals surface area contributed by atoms with Gasteiger partial charge in [0, 0.05) is 13.1 Å². The van der Waals surface area contributed by atoms with Crippen molar-refractivity contribution in [1.82, 2.24) is 9.29 Å². The van der Waals surface area contributed by atoms with Gasteiger partial charge in [-0.3, -0.25) is 0 Å². The zero-order valence-electron chi connectivity index (χ0n) is 10.00. The number of aromatic nitrogens is 1. The van der Waals surface area contributed by atoms with Crippen molar-refractivity contribution in [2.45, 2.75) is 24.1 Å². The zero-order chi connectivity index (χ0) is 13.2. The molecule has 0 unspecified atom stereocenters. The van der Waals surface area contributed by atoms with Crippen LogP contribution < -0.4 is 0 Å². The molecule has 0 fully saturated rings. The van der Waals surface area contributed by atoms with Gasteiger partial charge in [-0.05, 0) is 13.8 Å². The summed E-state index contributed by atoms with van der Waals surface area (Å²) in [5.74, 6) is -0.748. The molecule has 17 heavy (non-hydrogen) atoms. The van der Waals surface area contributed by atoms with Crippen molar-refractivity contribution in [2.24, 2.45) is 0 Å². The number of esters is 1. The van der Waals surface area contributed by atoms with Crippen molar-refractivity contribution in [3.63, 3.8) is 0 Å². The molecule has 0 aliphatic heterocycles. The van der Waals surface area contributed by atoms with Gasteiger partial charge < -0.3 is 4.74 Å². The number of thiazole rings is 1. The summed E-state index contributed by atoms with van der Waals surface area (Å²) in [5.41, 5.74) is 1.15. The van der Waals surface area contributed by atoms with E-state index < -0.39 is 16.0 Å². The molecular weight excluding hydrogens is 264 g/mol. The Kier molecular flexibility index (Phi) is 4.23. The summed E-state index contributed by atoms with van der Waals surface area (Å²) in [7, 11) is -1.05. The van der Waals surface area contributed by atoms with Crippen LogP contribution in [0.25, 0.3) is 0 Å². The summed E-state index contributed by atoms with van der Waals surface area (Å²) in [6.07, 6.45) is 0. The fraction of sp³-hybridized carbons (Fsp3) is 0.556. The maximum atomic E-state index is 12.2. The molecule has 1 heterocycles. The highest BCUT2D eigenvalue weighted by atomic mass is 32.2. The Balaban J connectivity index is 3.26. The number of rotatable bonds is 4. The lowest BCUT2D eigenvalue weighted by Gasteiger charge is -2.20. The van der Waals surface area contributed by atoms with Gasteiger partial charge in [0.25, 0.3) is 10.0 Å². The SMILES string of the molecule is COC(=O)c1ncsc1S(=O)(=O)N(C)C(C)C. The molecule has 0 aliphatic carbocycles. The van der Waals surface area contributed by atoms with Crippen molar-refractivity contribution in [3.05, 3.63) is 11.2 Å². The van der Waals surface area contributed by atoms with E-state index >= 15 is 0 Å². The van der Waals surface area contributed by atoms with Crippen LogP contribution in [-0.4, -0.2) is 43.9 Å². The smallest absolute Gasteiger partial charge is 0.358 e. The lowest BCUT2D eigenvalue weighted by atomic mass is 10.4. The van der Waals surface area contributed by atoms with Crippen LogP contribution in [0.1, 0.15) is 24.3 Å². The molecule has 1 aromatic rings. The summed E-state index contributed by atoms with van der Waals surface area (Å²) < 4.78 is 29.9. The minimum Gasteiger partial charge on any atom is -0.464 e. The Labute approximate surface area is 104 Å². The van der Waals surface area contributed by atoms with Crippen LogP contribution in [0.15, 0.2) is 9.72 Å². The lowest BCUT2D eigenvalue weighted by molar-refractivity contribution is 0.0590. The van der Waals surface area contributed by atoms with Crippen LogP contribution in [0.5, 0.6) is 0 Å². The van der Waals surface area contributed by atoms with Gasteiger partial charge in [-0.15, -0.1) is 11.3 Å². The molecule has 0 atom stereocenters. The second-order valence-corrected chi connectivity index (χ2v) is 6.64. The summed E-state index contributed by atoms with van der Waals surface area (Å²) in [4.78, 5) is 15.1. The molecule has 0 N–H and O–H groups in total. The molecule has 0 saturated heterocycles. The number of nitrogens with zero attached hydrogens (tertiary/aromatic N) is 2. The fourth-order valence-corrected chi connectivity index (χ4v) is 3.73. The Morgan fingerprint density at radius 1 is 1.53 bits per heavy atom. The number of hydrogen-bond donors (Lipinski definition) is 0. The van der Waals surface area contributed by atoms with E-state index in [1.54, 1.807) is 13.8 Å².